The van der Waals surface area contributed by atoms with Crippen molar-refractivity contribution in [3.05, 3.63) is 28.3 Å². The van der Waals surface area contributed by atoms with Gasteiger partial charge in [-0.25, -0.2) is 0 Å². The molecule has 1 aromatic carbocycles. The fraction of sp³-hybridized carbons (Fsp3) is 0.625. The summed E-state index contributed by atoms with van der Waals surface area (Å²) in [5, 5.41) is 11.0. The largest absolute Gasteiger partial charge is 0.490 e. The van der Waals surface area contributed by atoms with Crippen molar-refractivity contribution in [3.8, 4) is 5.75 Å². The van der Waals surface area contributed by atoms with Crippen LogP contribution in [0.25, 0.3) is 0 Å². The smallest absolute Gasteiger partial charge is 0.311 e. The number of anilines is 1. The average molecular weight is 307 g/mol. The SMILES string of the molecule is CCN(CC)C1CCN(c2ccc([N+](=O)[O-])c(OC)c2)CC1. The fourth-order valence-corrected chi connectivity index (χ4v) is 3.24. The summed E-state index contributed by atoms with van der Waals surface area (Å²) in [6, 6.07) is 5.77. The maximum atomic E-state index is 11.0. The summed E-state index contributed by atoms with van der Waals surface area (Å²) in [5.41, 5.74) is 1.02. The van der Waals surface area contributed by atoms with Gasteiger partial charge in [0.25, 0.3) is 0 Å². The molecular formula is C16H25N3O3. The van der Waals surface area contributed by atoms with E-state index in [-0.39, 0.29) is 5.69 Å². The van der Waals surface area contributed by atoms with E-state index in [0.29, 0.717) is 11.8 Å². The molecule has 122 valence electrons. The van der Waals surface area contributed by atoms with Crippen LogP contribution < -0.4 is 9.64 Å². The van der Waals surface area contributed by atoms with Gasteiger partial charge in [-0.3, -0.25) is 10.1 Å². The molecule has 0 amide bonds. The van der Waals surface area contributed by atoms with Gasteiger partial charge in [-0.1, -0.05) is 13.8 Å². The second-order valence-corrected chi connectivity index (χ2v) is 5.55. The Morgan fingerprint density at radius 3 is 2.45 bits per heavy atom. The number of nitro benzene ring substituents is 1. The molecule has 0 saturated carbocycles. The topological polar surface area (TPSA) is 58.9 Å². The van der Waals surface area contributed by atoms with E-state index in [2.05, 4.69) is 23.6 Å². The number of hydrogen-bond donors (Lipinski definition) is 0. The minimum Gasteiger partial charge on any atom is -0.490 e. The summed E-state index contributed by atoms with van der Waals surface area (Å²) in [5.74, 6) is 0.327. The Balaban J connectivity index is 2.07. The van der Waals surface area contributed by atoms with Crippen LogP contribution in [0.5, 0.6) is 5.75 Å². The summed E-state index contributed by atoms with van der Waals surface area (Å²) in [4.78, 5) is 15.3. The average Bonchev–Trinajstić information content (AvgIpc) is 2.56. The van der Waals surface area contributed by atoms with E-state index in [1.807, 2.05) is 6.07 Å². The van der Waals surface area contributed by atoms with Crippen LogP contribution in [0.1, 0.15) is 26.7 Å². The van der Waals surface area contributed by atoms with Gasteiger partial charge in [0.2, 0.25) is 0 Å². The molecule has 0 atom stereocenters. The molecule has 1 aliphatic rings. The Morgan fingerprint density at radius 2 is 1.95 bits per heavy atom. The molecular weight excluding hydrogens is 282 g/mol. The van der Waals surface area contributed by atoms with E-state index < -0.39 is 4.92 Å². The molecule has 0 bridgehead atoms. The van der Waals surface area contributed by atoms with Gasteiger partial charge >= 0.3 is 5.69 Å². The number of rotatable bonds is 6. The molecule has 0 aromatic heterocycles. The zero-order valence-electron chi connectivity index (χ0n) is 13.6. The van der Waals surface area contributed by atoms with E-state index in [1.54, 1.807) is 6.07 Å². The molecule has 1 aromatic rings. The zero-order valence-corrected chi connectivity index (χ0v) is 13.6. The molecule has 22 heavy (non-hydrogen) atoms. The third-order valence-corrected chi connectivity index (χ3v) is 4.52. The van der Waals surface area contributed by atoms with Gasteiger partial charge in [0.1, 0.15) is 0 Å². The van der Waals surface area contributed by atoms with Crippen LogP contribution in [0.15, 0.2) is 18.2 Å². The van der Waals surface area contributed by atoms with Gasteiger partial charge in [-0.2, -0.15) is 0 Å². The fourth-order valence-electron chi connectivity index (χ4n) is 3.24. The monoisotopic (exact) mass is 307 g/mol. The quantitative estimate of drug-likeness (QED) is 0.597. The summed E-state index contributed by atoms with van der Waals surface area (Å²) >= 11 is 0. The standard InChI is InChI=1S/C16H25N3O3/c1-4-17(5-2)13-8-10-18(11-9-13)14-6-7-15(19(20)21)16(12-14)22-3/h6-7,12-13H,4-5,8-11H2,1-3H3. The molecule has 0 N–H and O–H groups in total. The first-order valence-corrected chi connectivity index (χ1v) is 7.92. The maximum absolute atomic E-state index is 11.0. The van der Waals surface area contributed by atoms with Gasteiger partial charge in [0.15, 0.2) is 5.75 Å². The molecule has 0 aliphatic carbocycles. The molecule has 1 heterocycles. The van der Waals surface area contributed by atoms with Crippen LogP contribution in [0.3, 0.4) is 0 Å². The first-order valence-electron chi connectivity index (χ1n) is 7.92. The van der Waals surface area contributed by atoms with Crippen molar-refractivity contribution in [2.24, 2.45) is 0 Å². The summed E-state index contributed by atoms with van der Waals surface area (Å²) in [6.07, 6.45) is 2.25. The van der Waals surface area contributed by atoms with Crippen molar-refractivity contribution in [1.82, 2.24) is 4.90 Å². The Kier molecular flexibility index (Phi) is 5.60. The van der Waals surface area contributed by atoms with E-state index in [4.69, 9.17) is 4.74 Å². The minimum atomic E-state index is -0.408. The molecule has 1 fully saturated rings. The van der Waals surface area contributed by atoms with Crippen molar-refractivity contribution in [1.29, 1.82) is 0 Å². The molecule has 0 radical (unpaired) electrons. The summed E-state index contributed by atoms with van der Waals surface area (Å²) < 4.78 is 5.16. The highest BCUT2D eigenvalue weighted by Gasteiger charge is 2.24. The van der Waals surface area contributed by atoms with Crippen molar-refractivity contribution in [3.63, 3.8) is 0 Å². The zero-order chi connectivity index (χ0) is 16.1. The predicted molar refractivity (Wildman–Crippen MR) is 87.8 cm³/mol. The first kappa shape index (κ1) is 16.5. The number of nitro groups is 1. The number of benzene rings is 1. The van der Waals surface area contributed by atoms with E-state index in [9.17, 15) is 10.1 Å². The van der Waals surface area contributed by atoms with Crippen LogP contribution >= 0.6 is 0 Å². The molecule has 0 spiro atoms. The number of nitrogens with zero attached hydrogens (tertiary/aromatic N) is 3. The predicted octanol–water partition coefficient (Wildman–Crippen LogP) is 2.91. The van der Waals surface area contributed by atoms with Gasteiger partial charge in [0.05, 0.1) is 12.0 Å². The summed E-state index contributed by atoms with van der Waals surface area (Å²) in [6.45, 7) is 8.54. The highest BCUT2D eigenvalue weighted by atomic mass is 16.6. The van der Waals surface area contributed by atoms with Crippen LogP contribution in [0.2, 0.25) is 0 Å². The molecule has 2 rings (SSSR count). The molecule has 1 saturated heterocycles. The Bertz CT molecular complexity index is 509. The normalized spacial score (nSPS) is 16.1. The van der Waals surface area contributed by atoms with E-state index >= 15 is 0 Å². The van der Waals surface area contributed by atoms with Gasteiger partial charge in [-0.15, -0.1) is 0 Å². The van der Waals surface area contributed by atoms with Crippen molar-refractivity contribution >= 4 is 11.4 Å². The molecule has 6 nitrogen and oxygen atoms in total. The lowest BCUT2D eigenvalue weighted by Gasteiger charge is -2.38. The Hall–Kier alpha value is -1.82. The summed E-state index contributed by atoms with van der Waals surface area (Å²) in [7, 11) is 1.47. The highest BCUT2D eigenvalue weighted by Crippen LogP contribution is 2.32. The number of ether oxygens (including phenoxy) is 1. The second-order valence-electron chi connectivity index (χ2n) is 5.55. The van der Waals surface area contributed by atoms with Gasteiger partial charge in [0, 0.05) is 37.0 Å². The van der Waals surface area contributed by atoms with Crippen molar-refractivity contribution < 1.29 is 9.66 Å². The number of hydrogen-bond acceptors (Lipinski definition) is 5. The Labute approximate surface area is 131 Å². The van der Waals surface area contributed by atoms with E-state index in [0.717, 1.165) is 44.7 Å². The van der Waals surface area contributed by atoms with Crippen LogP contribution in [0, 0.1) is 10.1 Å². The van der Waals surface area contributed by atoms with Crippen LogP contribution in [0.4, 0.5) is 11.4 Å². The lowest BCUT2D eigenvalue weighted by molar-refractivity contribution is -0.385. The molecule has 6 heteroatoms. The first-order chi connectivity index (χ1) is 10.6. The molecule has 1 aliphatic heterocycles. The number of piperidine rings is 1. The maximum Gasteiger partial charge on any atom is 0.311 e. The van der Waals surface area contributed by atoms with Crippen molar-refractivity contribution in [2.45, 2.75) is 32.7 Å². The van der Waals surface area contributed by atoms with E-state index in [1.165, 1.54) is 13.2 Å². The third kappa shape index (κ3) is 3.50. The number of methoxy groups -OCH3 is 1. The molecule has 0 unspecified atom stereocenters. The Morgan fingerprint density at radius 1 is 1.32 bits per heavy atom. The lowest BCUT2D eigenvalue weighted by atomic mass is 10.0. The lowest BCUT2D eigenvalue weighted by Crippen LogP contribution is -2.44. The van der Waals surface area contributed by atoms with Crippen LogP contribution in [-0.2, 0) is 0 Å². The van der Waals surface area contributed by atoms with Gasteiger partial charge in [-0.05, 0) is 32.0 Å². The highest BCUT2D eigenvalue weighted by molar-refractivity contribution is 5.59. The minimum absolute atomic E-state index is 0.0178. The van der Waals surface area contributed by atoms with Crippen LogP contribution in [-0.4, -0.2) is 49.2 Å². The third-order valence-electron chi connectivity index (χ3n) is 4.52. The van der Waals surface area contributed by atoms with Crippen molar-refractivity contribution in [2.75, 3.05) is 38.2 Å². The second kappa shape index (κ2) is 7.45. The van der Waals surface area contributed by atoms with Gasteiger partial charge < -0.3 is 14.5 Å².